The zero-order valence-electron chi connectivity index (χ0n) is 14.3. The van der Waals surface area contributed by atoms with Gasteiger partial charge in [0.1, 0.15) is 12.4 Å². The summed E-state index contributed by atoms with van der Waals surface area (Å²) >= 11 is 6.10. The van der Waals surface area contributed by atoms with Gasteiger partial charge in [-0.15, -0.1) is 0 Å². The normalized spacial score (nSPS) is 10.3. The van der Waals surface area contributed by atoms with E-state index >= 15 is 0 Å². The second-order valence-electron chi connectivity index (χ2n) is 5.80. The summed E-state index contributed by atoms with van der Waals surface area (Å²) in [5.41, 5.74) is 7.52. The van der Waals surface area contributed by atoms with Crippen LogP contribution in [0.5, 0.6) is 5.75 Å². The van der Waals surface area contributed by atoms with Gasteiger partial charge in [-0.2, -0.15) is 0 Å². The largest absolute Gasteiger partial charge is 0.489 e. The first-order valence-corrected chi connectivity index (χ1v) is 8.58. The first-order valence-electron chi connectivity index (χ1n) is 8.20. The van der Waals surface area contributed by atoms with E-state index in [0.29, 0.717) is 34.2 Å². The molecule has 0 atom stereocenters. The van der Waals surface area contributed by atoms with E-state index in [1.54, 1.807) is 48.5 Å². The molecule has 0 radical (unpaired) electrons. The Morgan fingerprint density at radius 2 is 1.52 bits per heavy atom. The first-order chi connectivity index (χ1) is 13.0. The molecule has 3 rings (SSSR count). The number of rotatable bonds is 6. The summed E-state index contributed by atoms with van der Waals surface area (Å²) in [7, 11) is 0. The fourth-order valence-corrected chi connectivity index (χ4v) is 2.59. The SMILES string of the molecule is NC(=O)c1ccc(NC(=O)c2ccc(OCc3ccccc3Cl)cc2)cc1. The second-order valence-corrected chi connectivity index (χ2v) is 6.21. The number of anilines is 1. The van der Waals surface area contributed by atoms with Gasteiger partial charge < -0.3 is 15.8 Å². The van der Waals surface area contributed by atoms with Gasteiger partial charge in [0, 0.05) is 27.4 Å². The molecular formula is C21H17ClN2O3. The molecule has 0 saturated heterocycles. The number of hydrogen-bond donors (Lipinski definition) is 2. The molecule has 3 aromatic carbocycles. The van der Waals surface area contributed by atoms with Crippen LogP contribution in [-0.2, 0) is 6.61 Å². The summed E-state index contributed by atoms with van der Waals surface area (Å²) in [6, 6.07) is 20.6. The predicted molar refractivity (Wildman–Crippen MR) is 105 cm³/mol. The van der Waals surface area contributed by atoms with Crippen LogP contribution >= 0.6 is 11.6 Å². The van der Waals surface area contributed by atoms with Crippen molar-refractivity contribution in [2.75, 3.05) is 5.32 Å². The van der Waals surface area contributed by atoms with Crippen molar-refractivity contribution in [1.29, 1.82) is 0 Å². The average molecular weight is 381 g/mol. The summed E-state index contributed by atoms with van der Waals surface area (Å²) < 4.78 is 5.70. The van der Waals surface area contributed by atoms with Crippen LogP contribution in [0.25, 0.3) is 0 Å². The van der Waals surface area contributed by atoms with Crippen LogP contribution in [0.3, 0.4) is 0 Å². The quantitative estimate of drug-likeness (QED) is 0.670. The van der Waals surface area contributed by atoms with Gasteiger partial charge in [-0.05, 0) is 54.6 Å². The maximum absolute atomic E-state index is 12.3. The van der Waals surface area contributed by atoms with Crippen LogP contribution in [-0.4, -0.2) is 11.8 Å². The van der Waals surface area contributed by atoms with Gasteiger partial charge >= 0.3 is 0 Å². The third kappa shape index (κ3) is 4.86. The van der Waals surface area contributed by atoms with Crippen molar-refractivity contribution >= 4 is 29.1 Å². The summed E-state index contributed by atoms with van der Waals surface area (Å²) in [6.45, 7) is 0.345. The van der Waals surface area contributed by atoms with Gasteiger partial charge in [-0.3, -0.25) is 9.59 Å². The summed E-state index contributed by atoms with van der Waals surface area (Å²) in [4.78, 5) is 23.4. The fraction of sp³-hybridized carbons (Fsp3) is 0.0476. The molecule has 2 amide bonds. The van der Waals surface area contributed by atoms with E-state index in [1.165, 1.54) is 0 Å². The van der Waals surface area contributed by atoms with E-state index in [9.17, 15) is 9.59 Å². The van der Waals surface area contributed by atoms with E-state index in [-0.39, 0.29) is 5.91 Å². The molecule has 3 aromatic rings. The first kappa shape index (κ1) is 18.5. The monoisotopic (exact) mass is 380 g/mol. The van der Waals surface area contributed by atoms with Crippen LogP contribution in [0.4, 0.5) is 5.69 Å². The number of carbonyl (C=O) groups is 2. The second kappa shape index (κ2) is 8.38. The molecule has 136 valence electrons. The Balaban J connectivity index is 1.60. The maximum atomic E-state index is 12.3. The zero-order valence-corrected chi connectivity index (χ0v) is 15.1. The van der Waals surface area contributed by atoms with Crippen molar-refractivity contribution in [2.24, 2.45) is 5.73 Å². The van der Waals surface area contributed by atoms with Crippen molar-refractivity contribution in [1.82, 2.24) is 0 Å². The highest BCUT2D eigenvalue weighted by atomic mass is 35.5. The number of primary amides is 1. The number of benzene rings is 3. The highest BCUT2D eigenvalue weighted by molar-refractivity contribution is 6.31. The Hall–Kier alpha value is -3.31. The molecule has 0 fully saturated rings. The molecule has 3 N–H and O–H groups in total. The average Bonchev–Trinajstić information content (AvgIpc) is 2.68. The van der Waals surface area contributed by atoms with E-state index in [0.717, 1.165) is 5.56 Å². The fourth-order valence-electron chi connectivity index (χ4n) is 2.40. The number of ether oxygens (including phenoxy) is 1. The summed E-state index contributed by atoms with van der Waals surface area (Å²) in [5, 5.41) is 3.41. The number of carbonyl (C=O) groups excluding carboxylic acids is 2. The molecule has 0 heterocycles. The van der Waals surface area contributed by atoms with E-state index < -0.39 is 5.91 Å². The Labute approximate surface area is 161 Å². The molecule has 0 bridgehead atoms. The van der Waals surface area contributed by atoms with Crippen molar-refractivity contribution in [3.63, 3.8) is 0 Å². The molecule has 0 unspecified atom stereocenters. The third-order valence-electron chi connectivity index (χ3n) is 3.90. The molecule has 0 aliphatic heterocycles. The van der Waals surface area contributed by atoms with Gasteiger partial charge in [-0.1, -0.05) is 29.8 Å². The van der Waals surface area contributed by atoms with Gasteiger partial charge in [0.25, 0.3) is 5.91 Å². The van der Waals surface area contributed by atoms with Gasteiger partial charge in [0.15, 0.2) is 0 Å². The lowest BCUT2D eigenvalue weighted by Gasteiger charge is -2.09. The van der Waals surface area contributed by atoms with Crippen molar-refractivity contribution < 1.29 is 14.3 Å². The molecule has 0 aromatic heterocycles. The Morgan fingerprint density at radius 3 is 2.15 bits per heavy atom. The molecular weight excluding hydrogens is 364 g/mol. The summed E-state index contributed by atoms with van der Waals surface area (Å²) in [5.74, 6) is -0.142. The topological polar surface area (TPSA) is 81.4 Å². The minimum atomic E-state index is -0.514. The highest BCUT2D eigenvalue weighted by Gasteiger charge is 2.08. The Kier molecular flexibility index (Phi) is 5.74. The lowest BCUT2D eigenvalue weighted by Crippen LogP contribution is -2.13. The lowest BCUT2D eigenvalue weighted by atomic mass is 10.1. The van der Waals surface area contributed by atoms with Crippen LogP contribution in [0.1, 0.15) is 26.3 Å². The standard InChI is InChI=1S/C21H17ClN2O3/c22-19-4-2-1-3-16(19)13-27-18-11-7-15(8-12-18)21(26)24-17-9-5-14(6-10-17)20(23)25/h1-12H,13H2,(H2,23,25)(H,24,26). The predicted octanol–water partition coefficient (Wildman–Crippen LogP) is 4.27. The molecule has 0 aliphatic rings. The molecule has 0 aliphatic carbocycles. The number of nitrogens with two attached hydrogens (primary N) is 1. The zero-order chi connectivity index (χ0) is 19.2. The van der Waals surface area contributed by atoms with E-state index in [4.69, 9.17) is 22.1 Å². The van der Waals surface area contributed by atoms with Gasteiger partial charge in [0.2, 0.25) is 5.91 Å². The summed E-state index contributed by atoms with van der Waals surface area (Å²) in [6.07, 6.45) is 0. The molecule has 27 heavy (non-hydrogen) atoms. The number of hydrogen-bond acceptors (Lipinski definition) is 3. The van der Waals surface area contributed by atoms with Gasteiger partial charge in [-0.25, -0.2) is 0 Å². The van der Waals surface area contributed by atoms with E-state index in [2.05, 4.69) is 5.32 Å². The molecule has 6 heteroatoms. The van der Waals surface area contributed by atoms with Crippen molar-refractivity contribution in [3.05, 3.63) is 94.5 Å². The molecule has 0 spiro atoms. The number of amides is 2. The third-order valence-corrected chi connectivity index (χ3v) is 4.26. The van der Waals surface area contributed by atoms with Crippen LogP contribution in [0.2, 0.25) is 5.02 Å². The van der Waals surface area contributed by atoms with Crippen molar-refractivity contribution in [2.45, 2.75) is 6.61 Å². The van der Waals surface area contributed by atoms with Crippen LogP contribution < -0.4 is 15.8 Å². The van der Waals surface area contributed by atoms with Crippen LogP contribution in [0.15, 0.2) is 72.8 Å². The Bertz CT molecular complexity index is 954. The highest BCUT2D eigenvalue weighted by Crippen LogP contribution is 2.19. The lowest BCUT2D eigenvalue weighted by molar-refractivity contribution is 0.0998. The smallest absolute Gasteiger partial charge is 0.255 e. The van der Waals surface area contributed by atoms with E-state index in [1.807, 2.05) is 24.3 Å². The van der Waals surface area contributed by atoms with Crippen LogP contribution in [0, 0.1) is 0 Å². The minimum absolute atomic E-state index is 0.264. The van der Waals surface area contributed by atoms with Crippen molar-refractivity contribution in [3.8, 4) is 5.75 Å². The Morgan fingerprint density at radius 1 is 0.889 bits per heavy atom. The van der Waals surface area contributed by atoms with Gasteiger partial charge in [0.05, 0.1) is 0 Å². The maximum Gasteiger partial charge on any atom is 0.255 e. The molecule has 0 saturated carbocycles. The number of halogens is 1. The molecule has 5 nitrogen and oxygen atoms in total. The minimum Gasteiger partial charge on any atom is -0.489 e. The number of nitrogens with one attached hydrogen (secondary N) is 1.